The molecule has 0 aliphatic heterocycles. The van der Waals surface area contributed by atoms with Crippen LogP contribution in [0.25, 0.3) is 11.0 Å². The van der Waals surface area contributed by atoms with Crippen LogP contribution in [-0.4, -0.2) is 18.0 Å². The van der Waals surface area contributed by atoms with Crippen LogP contribution in [0.2, 0.25) is 0 Å². The third kappa shape index (κ3) is 2.96. The molecule has 0 fully saturated rings. The minimum atomic E-state index is -3.76. The summed E-state index contributed by atoms with van der Waals surface area (Å²) in [5.41, 5.74) is 2.65. The van der Waals surface area contributed by atoms with Gasteiger partial charge < -0.3 is 4.57 Å². The van der Waals surface area contributed by atoms with Crippen molar-refractivity contribution in [2.45, 2.75) is 10.1 Å². The summed E-state index contributed by atoms with van der Waals surface area (Å²) in [6.07, 6.45) is 0. The molecule has 1 heterocycles. The van der Waals surface area contributed by atoms with E-state index >= 15 is 0 Å². The van der Waals surface area contributed by atoms with Gasteiger partial charge in [0, 0.05) is 7.05 Å². The number of sulfone groups is 1. The largest absolute Gasteiger partial charge is 0.330 e. The molecule has 3 aromatic carbocycles. The Morgan fingerprint density at radius 2 is 1.57 bits per heavy atom. The molecule has 1 unspecified atom stereocenters. The third-order valence-electron chi connectivity index (χ3n) is 4.78. The van der Waals surface area contributed by atoms with Crippen molar-refractivity contribution in [3.8, 4) is 6.07 Å². The number of hydrogen-bond donors (Lipinski definition) is 0. The molecule has 1 aromatic heterocycles. The van der Waals surface area contributed by atoms with Crippen molar-refractivity contribution in [2.24, 2.45) is 7.05 Å². The molecular formula is C22H17N3O2S. The van der Waals surface area contributed by atoms with Crippen molar-refractivity contribution in [3.05, 3.63) is 95.8 Å². The van der Waals surface area contributed by atoms with Crippen LogP contribution in [0.3, 0.4) is 0 Å². The van der Waals surface area contributed by atoms with E-state index in [0.717, 1.165) is 11.0 Å². The molecule has 6 heteroatoms. The molecule has 0 bridgehead atoms. The zero-order chi connectivity index (χ0) is 19.7. The molecule has 1 atom stereocenters. The van der Waals surface area contributed by atoms with Gasteiger partial charge in [-0.25, -0.2) is 13.4 Å². The van der Waals surface area contributed by atoms with Crippen molar-refractivity contribution < 1.29 is 8.42 Å². The summed E-state index contributed by atoms with van der Waals surface area (Å²) in [6.45, 7) is 0. The van der Waals surface area contributed by atoms with Crippen LogP contribution in [0.5, 0.6) is 0 Å². The number of hydrogen-bond acceptors (Lipinski definition) is 4. The Balaban J connectivity index is 1.98. The quantitative estimate of drug-likeness (QED) is 0.530. The maximum absolute atomic E-state index is 13.6. The average molecular weight is 387 g/mol. The summed E-state index contributed by atoms with van der Waals surface area (Å²) < 4.78 is 29.0. The van der Waals surface area contributed by atoms with Gasteiger partial charge in [-0.2, -0.15) is 5.26 Å². The first kappa shape index (κ1) is 18.0. The second-order valence-electron chi connectivity index (χ2n) is 6.49. The average Bonchev–Trinajstić information content (AvgIpc) is 3.05. The molecule has 138 valence electrons. The fourth-order valence-corrected chi connectivity index (χ4v) is 5.16. The second-order valence-corrected chi connectivity index (χ2v) is 8.52. The Morgan fingerprint density at radius 3 is 2.21 bits per heavy atom. The number of nitriles is 1. The standard InChI is InChI=1S/C22H17N3O2S/c1-25-20-10-6-5-9-19(20)24-22(25)21(17-13-11-16(15-23)12-14-17)28(26,27)18-7-3-2-4-8-18/h2-14,21H,1H3. The Labute approximate surface area is 163 Å². The molecule has 0 amide bonds. The topological polar surface area (TPSA) is 75.8 Å². The van der Waals surface area contributed by atoms with Gasteiger partial charge in [-0.1, -0.05) is 42.5 Å². The van der Waals surface area contributed by atoms with E-state index in [0.29, 0.717) is 17.0 Å². The first-order valence-corrected chi connectivity index (χ1v) is 10.3. The van der Waals surface area contributed by atoms with E-state index in [1.165, 1.54) is 0 Å². The van der Waals surface area contributed by atoms with Gasteiger partial charge in [0.25, 0.3) is 0 Å². The first-order valence-electron chi connectivity index (χ1n) is 8.73. The highest BCUT2D eigenvalue weighted by Gasteiger charge is 2.34. The van der Waals surface area contributed by atoms with Crippen molar-refractivity contribution in [3.63, 3.8) is 0 Å². The number of benzene rings is 3. The van der Waals surface area contributed by atoms with Gasteiger partial charge in [0.2, 0.25) is 0 Å². The van der Waals surface area contributed by atoms with E-state index < -0.39 is 15.1 Å². The normalized spacial score (nSPS) is 12.6. The predicted octanol–water partition coefficient (Wildman–Crippen LogP) is 4.01. The zero-order valence-electron chi connectivity index (χ0n) is 15.1. The number of fused-ring (bicyclic) bond motifs is 1. The van der Waals surface area contributed by atoms with E-state index in [1.807, 2.05) is 35.9 Å². The molecule has 0 radical (unpaired) electrons. The molecule has 0 aliphatic carbocycles. The lowest BCUT2D eigenvalue weighted by molar-refractivity contribution is 0.584. The lowest BCUT2D eigenvalue weighted by atomic mass is 10.1. The van der Waals surface area contributed by atoms with Gasteiger partial charge in [-0.05, 0) is 42.0 Å². The van der Waals surface area contributed by atoms with E-state index in [1.54, 1.807) is 54.6 Å². The van der Waals surface area contributed by atoms with Gasteiger partial charge in [0.15, 0.2) is 9.84 Å². The number of para-hydroxylation sites is 2. The second kappa shape index (κ2) is 6.95. The smallest absolute Gasteiger partial charge is 0.192 e. The Hall–Kier alpha value is -3.43. The molecule has 5 nitrogen and oxygen atoms in total. The third-order valence-corrected chi connectivity index (χ3v) is 6.81. The van der Waals surface area contributed by atoms with Gasteiger partial charge in [-0.3, -0.25) is 0 Å². The van der Waals surface area contributed by atoms with Crippen molar-refractivity contribution in [1.29, 1.82) is 5.26 Å². The summed E-state index contributed by atoms with van der Waals surface area (Å²) in [6, 6.07) is 24.6. The van der Waals surface area contributed by atoms with Crippen LogP contribution in [-0.2, 0) is 16.9 Å². The van der Waals surface area contributed by atoms with Gasteiger partial charge in [0.1, 0.15) is 11.1 Å². The maximum atomic E-state index is 13.6. The number of rotatable bonds is 4. The fourth-order valence-electron chi connectivity index (χ4n) is 3.34. The molecule has 0 saturated carbocycles. The monoisotopic (exact) mass is 387 g/mol. The Morgan fingerprint density at radius 1 is 0.929 bits per heavy atom. The SMILES string of the molecule is Cn1c(C(c2ccc(C#N)cc2)S(=O)(=O)c2ccccc2)nc2ccccc21. The number of aryl methyl sites for hydroxylation is 1. The fraction of sp³-hybridized carbons (Fsp3) is 0.0909. The summed E-state index contributed by atoms with van der Waals surface area (Å²) in [7, 11) is -1.94. The number of imidazole rings is 1. The van der Waals surface area contributed by atoms with Crippen molar-refractivity contribution in [1.82, 2.24) is 9.55 Å². The van der Waals surface area contributed by atoms with Gasteiger partial charge in [-0.15, -0.1) is 0 Å². The Bertz CT molecular complexity index is 1290. The van der Waals surface area contributed by atoms with Crippen molar-refractivity contribution in [2.75, 3.05) is 0 Å². The number of nitrogens with zero attached hydrogens (tertiary/aromatic N) is 3. The maximum Gasteiger partial charge on any atom is 0.192 e. The summed E-state index contributed by atoms with van der Waals surface area (Å²) >= 11 is 0. The first-order chi connectivity index (χ1) is 13.5. The highest BCUT2D eigenvalue weighted by Crippen LogP contribution is 2.35. The minimum absolute atomic E-state index is 0.233. The van der Waals surface area contributed by atoms with Crippen LogP contribution >= 0.6 is 0 Å². The zero-order valence-corrected chi connectivity index (χ0v) is 16.0. The van der Waals surface area contributed by atoms with Crippen LogP contribution in [0, 0.1) is 11.3 Å². The van der Waals surface area contributed by atoms with Crippen LogP contribution in [0.1, 0.15) is 22.2 Å². The highest BCUT2D eigenvalue weighted by atomic mass is 32.2. The van der Waals surface area contributed by atoms with Gasteiger partial charge >= 0.3 is 0 Å². The number of aromatic nitrogens is 2. The molecule has 0 N–H and O–H groups in total. The molecule has 28 heavy (non-hydrogen) atoms. The molecule has 4 rings (SSSR count). The molecule has 4 aromatic rings. The summed E-state index contributed by atoms with van der Waals surface area (Å²) in [4.78, 5) is 4.87. The van der Waals surface area contributed by atoms with E-state index in [4.69, 9.17) is 5.26 Å². The van der Waals surface area contributed by atoms with Crippen LogP contribution < -0.4 is 0 Å². The molecule has 0 spiro atoms. The van der Waals surface area contributed by atoms with Gasteiger partial charge in [0.05, 0.1) is 27.6 Å². The lowest BCUT2D eigenvalue weighted by Gasteiger charge is -2.18. The van der Waals surface area contributed by atoms with Crippen LogP contribution in [0.15, 0.2) is 83.8 Å². The van der Waals surface area contributed by atoms with E-state index in [-0.39, 0.29) is 4.90 Å². The molecule has 0 aliphatic rings. The Kier molecular flexibility index (Phi) is 4.46. The summed E-state index contributed by atoms with van der Waals surface area (Å²) in [5.74, 6) is 0.440. The predicted molar refractivity (Wildman–Crippen MR) is 107 cm³/mol. The van der Waals surface area contributed by atoms with E-state index in [9.17, 15) is 8.42 Å². The molecule has 0 saturated heterocycles. The van der Waals surface area contributed by atoms with Crippen LogP contribution in [0.4, 0.5) is 0 Å². The lowest BCUT2D eigenvalue weighted by Crippen LogP contribution is -2.19. The summed E-state index contributed by atoms with van der Waals surface area (Å²) in [5, 5.41) is 8.09. The highest BCUT2D eigenvalue weighted by molar-refractivity contribution is 7.91. The molecular weight excluding hydrogens is 370 g/mol. The van der Waals surface area contributed by atoms with Crippen molar-refractivity contribution >= 4 is 20.9 Å². The van der Waals surface area contributed by atoms with E-state index in [2.05, 4.69) is 11.1 Å². The minimum Gasteiger partial charge on any atom is -0.330 e.